The van der Waals surface area contributed by atoms with Crippen LogP contribution in [-0.2, 0) is 9.47 Å². The molecule has 2 N–H and O–H groups in total. The smallest absolute Gasteiger partial charge is 0.162 e. The molecule has 3 aromatic rings. The summed E-state index contributed by atoms with van der Waals surface area (Å²) < 4.78 is 22.4. The van der Waals surface area contributed by atoms with Crippen molar-refractivity contribution < 1.29 is 23.8 Å². The summed E-state index contributed by atoms with van der Waals surface area (Å²) in [5.74, 6) is 2.74. The zero-order valence-electron chi connectivity index (χ0n) is 22.1. The molecule has 2 aromatic heterocycles. The first-order valence-corrected chi connectivity index (χ1v) is 12.7. The second-order valence-electron chi connectivity index (χ2n) is 9.21. The molecule has 0 bridgehead atoms. The van der Waals surface area contributed by atoms with Crippen molar-refractivity contribution in [3.63, 3.8) is 0 Å². The summed E-state index contributed by atoms with van der Waals surface area (Å²) in [5, 5.41) is 17.1. The Morgan fingerprint density at radius 3 is 2.70 bits per heavy atom. The minimum Gasteiger partial charge on any atom is -0.491 e. The Morgan fingerprint density at radius 1 is 1.19 bits per heavy atom. The molecule has 1 aliphatic heterocycles. The van der Waals surface area contributed by atoms with Crippen LogP contribution in [0, 0.1) is 13.8 Å². The lowest BCUT2D eigenvalue weighted by molar-refractivity contribution is 0.0826. The SMILES string of the molecule is CNCC(O)COc1cccc(-c2nc(-c3c(C)noc3C)cc(N(CCOC)C3CCOCC3)n2)c1. The summed E-state index contributed by atoms with van der Waals surface area (Å²) in [6, 6.07) is 9.92. The normalized spacial score (nSPS) is 15.1. The van der Waals surface area contributed by atoms with E-state index in [-0.39, 0.29) is 12.6 Å². The molecule has 1 fully saturated rings. The van der Waals surface area contributed by atoms with Gasteiger partial charge in [-0.25, -0.2) is 9.97 Å². The first kappa shape index (κ1) is 27.0. The molecule has 0 radical (unpaired) electrons. The van der Waals surface area contributed by atoms with Crippen LogP contribution in [0.1, 0.15) is 24.3 Å². The van der Waals surface area contributed by atoms with E-state index in [0.717, 1.165) is 54.4 Å². The molecule has 0 aliphatic carbocycles. The number of hydrogen-bond donors (Lipinski definition) is 2. The minimum atomic E-state index is -0.604. The zero-order valence-corrected chi connectivity index (χ0v) is 22.1. The van der Waals surface area contributed by atoms with E-state index in [0.29, 0.717) is 37.0 Å². The third-order valence-corrected chi connectivity index (χ3v) is 6.44. The number of benzene rings is 1. The van der Waals surface area contributed by atoms with Crippen molar-refractivity contribution in [2.45, 2.75) is 38.8 Å². The highest BCUT2D eigenvalue weighted by atomic mass is 16.5. The maximum atomic E-state index is 10.0. The van der Waals surface area contributed by atoms with E-state index < -0.39 is 6.10 Å². The van der Waals surface area contributed by atoms with Gasteiger partial charge in [-0.1, -0.05) is 17.3 Å². The van der Waals surface area contributed by atoms with Crippen LogP contribution in [-0.4, -0.2) is 86.1 Å². The predicted octanol–water partition coefficient (Wildman–Crippen LogP) is 3.01. The van der Waals surface area contributed by atoms with Crippen LogP contribution in [0.3, 0.4) is 0 Å². The predicted molar refractivity (Wildman–Crippen MR) is 141 cm³/mol. The molecule has 0 spiro atoms. The summed E-state index contributed by atoms with van der Waals surface area (Å²) in [6.45, 7) is 7.17. The van der Waals surface area contributed by atoms with Gasteiger partial charge in [-0.15, -0.1) is 0 Å². The molecular formula is C27H37N5O5. The fourth-order valence-corrected chi connectivity index (χ4v) is 4.57. The molecule has 1 unspecified atom stereocenters. The summed E-state index contributed by atoms with van der Waals surface area (Å²) in [5.41, 5.74) is 3.21. The van der Waals surface area contributed by atoms with Gasteiger partial charge in [0.15, 0.2) is 5.82 Å². The number of likely N-dealkylation sites (N-methyl/N-ethyl adjacent to an activating group) is 1. The van der Waals surface area contributed by atoms with Gasteiger partial charge in [-0.05, 0) is 45.9 Å². The van der Waals surface area contributed by atoms with Crippen molar-refractivity contribution in [2.24, 2.45) is 0 Å². The first-order valence-electron chi connectivity index (χ1n) is 12.7. The van der Waals surface area contributed by atoms with Gasteiger partial charge in [0.2, 0.25) is 0 Å². The summed E-state index contributed by atoms with van der Waals surface area (Å²) in [4.78, 5) is 12.3. The number of aryl methyl sites for hydroxylation is 2. The zero-order chi connectivity index (χ0) is 26.2. The molecule has 10 nitrogen and oxygen atoms in total. The van der Waals surface area contributed by atoms with E-state index in [4.69, 9.17) is 28.7 Å². The molecule has 4 rings (SSSR count). The van der Waals surface area contributed by atoms with Crippen molar-refractivity contribution in [2.75, 3.05) is 58.6 Å². The topological polar surface area (TPSA) is 115 Å². The molecule has 3 heterocycles. The fraction of sp³-hybridized carbons (Fsp3) is 0.519. The van der Waals surface area contributed by atoms with Crippen LogP contribution in [0.25, 0.3) is 22.6 Å². The first-order chi connectivity index (χ1) is 18.0. The van der Waals surface area contributed by atoms with Crippen LogP contribution >= 0.6 is 0 Å². The number of hydrogen-bond acceptors (Lipinski definition) is 10. The molecule has 200 valence electrons. The Morgan fingerprint density at radius 2 is 2.00 bits per heavy atom. The van der Waals surface area contributed by atoms with E-state index >= 15 is 0 Å². The van der Waals surface area contributed by atoms with Crippen LogP contribution in [0.5, 0.6) is 5.75 Å². The lowest BCUT2D eigenvalue weighted by Gasteiger charge is -2.35. The maximum absolute atomic E-state index is 10.0. The van der Waals surface area contributed by atoms with Crippen molar-refractivity contribution in [1.29, 1.82) is 0 Å². The average Bonchev–Trinajstić information content (AvgIpc) is 3.26. The standard InChI is InChI=1S/C27H37N5O5/c1-18-26(19(2)37-31-18)24-15-25(32(10-13-34-4)21-8-11-35-12-9-21)30-27(29-24)20-6-5-7-23(14-20)36-17-22(33)16-28-3/h5-7,14-15,21-22,28,33H,8-13,16-17H2,1-4H3. The van der Waals surface area contributed by atoms with Crippen LogP contribution < -0.4 is 15.0 Å². The van der Waals surface area contributed by atoms with Gasteiger partial charge < -0.3 is 34.1 Å². The molecule has 1 saturated heterocycles. The molecule has 0 amide bonds. The van der Waals surface area contributed by atoms with Crippen molar-refractivity contribution in [3.05, 3.63) is 41.8 Å². The molecule has 10 heteroatoms. The lowest BCUT2D eigenvalue weighted by Crippen LogP contribution is -2.42. The highest BCUT2D eigenvalue weighted by Gasteiger charge is 2.25. The molecule has 1 aliphatic rings. The lowest BCUT2D eigenvalue weighted by atomic mass is 10.1. The fourth-order valence-electron chi connectivity index (χ4n) is 4.57. The Labute approximate surface area is 217 Å². The van der Waals surface area contributed by atoms with Gasteiger partial charge in [-0.3, -0.25) is 0 Å². The Balaban J connectivity index is 1.75. The monoisotopic (exact) mass is 511 g/mol. The van der Waals surface area contributed by atoms with E-state index in [1.165, 1.54) is 0 Å². The molecule has 37 heavy (non-hydrogen) atoms. The number of aliphatic hydroxyl groups excluding tert-OH is 1. The van der Waals surface area contributed by atoms with Crippen LogP contribution in [0.4, 0.5) is 5.82 Å². The third-order valence-electron chi connectivity index (χ3n) is 6.44. The van der Waals surface area contributed by atoms with Crippen LogP contribution in [0.2, 0.25) is 0 Å². The minimum absolute atomic E-state index is 0.185. The van der Waals surface area contributed by atoms with Gasteiger partial charge in [0, 0.05) is 51.1 Å². The van der Waals surface area contributed by atoms with Crippen molar-refractivity contribution in [3.8, 4) is 28.4 Å². The Hall–Kier alpha value is -3.05. The third kappa shape index (κ3) is 6.84. The van der Waals surface area contributed by atoms with E-state index in [1.54, 1.807) is 14.2 Å². The van der Waals surface area contributed by atoms with E-state index in [1.807, 2.05) is 44.2 Å². The highest BCUT2D eigenvalue weighted by molar-refractivity contribution is 5.71. The Bertz CT molecular complexity index is 1130. The molecule has 1 aromatic carbocycles. The summed E-state index contributed by atoms with van der Waals surface area (Å²) in [7, 11) is 3.50. The van der Waals surface area contributed by atoms with Gasteiger partial charge in [0.05, 0.1) is 23.6 Å². The number of aliphatic hydroxyl groups is 1. The van der Waals surface area contributed by atoms with E-state index in [9.17, 15) is 5.11 Å². The van der Waals surface area contributed by atoms with Crippen LogP contribution in [0.15, 0.2) is 34.9 Å². The number of anilines is 1. The van der Waals surface area contributed by atoms with Crippen molar-refractivity contribution >= 4 is 5.82 Å². The van der Waals surface area contributed by atoms with Gasteiger partial charge in [0.1, 0.15) is 30.0 Å². The summed E-state index contributed by atoms with van der Waals surface area (Å²) >= 11 is 0. The number of nitrogens with one attached hydrogen (secondary N) is 1. The van der Waals surface area contributed by atoms with Gasteiger partial charge in [-0.2, -0.15) is 0 Å². The second-order valence-corrected chi connectivity index (χ2v) is 9.21. The number of rotatable bonds is 12. The maximum Gasteiger partial charge on any atom is 0.162 e. The second kappa shape index (κ2) is 13.0. The average molecular weight is 512 g/mol. The quantitative estimate of drug-likeness (QED) is 0.376. The Kier molecular flexibility index (Phi) is 9.45. The highest BCUT2D eigenvalue weighted by Crippen LogP contribution is 2.32. The van der Waals surface area contributed by atoms with E-state index in [2.05, 4.69) is 15.4 Å². The number of ether oxygens (including phenoxy) is 3. The molecule has 0 saturated carbocycles. The largest absolute Gasteiger partial charge is 0.491 e. The van der Waals surface area contributed by atoms with Gasteiger partial charge >= 0.3 is 0 Å². The molecular weight excluding hydrogens is 474 g/mol. The number of aromatic nitrogens is 3. The number of nitrogens with zero attached hydrogens (tertiary/aromatic N) is 4. The molecule has 1 atom stereocenters. The van der Waals surface area contributed by atoms with Crippen molar-refractivity contribution in [1.82, 2.24) is 20.4 Å². The number of methoxy groups -OCH3 is 1. The van der Waals surface area contributed by atoms with Gasteiger partial charge in [0.25, 0.3) is 0 Å². The summed E-state index contributed by atoms with van der Waals surface area (Å²) in [6.07, 6.45) is 1.23.